The summed E-state index contributed by atoms with van der Waals surface area (Å²) >= 11 is 0. The van der Waals surface area contributed by atoms with Crippen molar-refractivity contribution in [3.05, 3.63) is 47.8 Å². The van der Waals surface area contributed by atoms with Crippen molar-refractivity contribution in [1.82, 2.24) is 4.98 Å². The number of nitrogens with one attached hydrogen (secondary N) is 2. The highest BCUT2D eigenvalue weighted by Crippen LogP contribution is 2.25. The van der Waals surface area contributed by atoms with Gasteiger partial charge in [-0.05, 0) is 49.1 Å². The van der Waals surface area contributed by atoms with Gasteiger partial charge in [-0.25, -0.2) is 4.98 Å². The lowest BCUT2D eigenvalue weighted by Crippen LogP contribution is -2.14. The van der Waals surface area contributed by atoms with Crippen LogP contribution < -0.4 is 15.4 Å². The summed E-state index contributed by atoms with van der Waals surface area (Å²) in [6, 6.07) is 9.23. The molecular weight excluding hydrogens is 302 g/mol. The molecule has 0 saturated carbocycles. The van der Waals surface area contributed by atoms with Crippen LogP contribution in [0.15, 0.2) is 36.5 Å². The Morgan fingerprint density at radius 2 is 2.04 bits per heavy atom. The highest BCUT2D eigenvalue weighted by Gasteiger charge is 2.11. The number of aromatic nitrogens is 1. The van der Waals surface area contributed by atoms with Crippen molar-refractivity contribution in [1.29, 1.82) is 0 Å². The first-order chi connectivity index (χ1) is 11.5. The molecule has 0 radical (unpaired) electrons. The zero-order chi connectivity index (χ0) is 17.5. The molecule has 0 saturated heterocycles. The van der Waals surface area contributed by atoms with Gasteiger partial charge < -0.3 is 15.4 Å². The molecule has 128 valence electrons. The molecule has 2 aromatic rings. The summed E-state index contributed by atoms with van der Waals surface area (Å²) in [5.41, 5.74) is 2.97. The van der Waals surface area contributed by atoms with Crippen molar-refractivity contribution < 1.29 is 9.53 Å². The van der Waals surface area contributed by atoms with Gasteiger partial charge in [-0.15, -0.1) is 0 Å². The van der Waals surface area contributed by atoms with Crippen LogP contribution in [0.3, 0.4) is 0 Å². The third-order valence-electron chi connectivity index (χ3n) is 3.65. The van der Waals surface area contributed by atoms with Gasteiger partial charge in [-0.1, -0.05) is 19.9 Å². The maximum atomic E-state index is 12.4. The van der Waals surface area contributed by atoms with Crippen LogP contribution in [0.1, 0.15) is 36.3 Å². The Labute approximate surface area is 143 Å². The Hall–Kier alpha value is -2.56. The maximum Gasteiger partial charge on any atom is 0.274 e. The van der Waals surface area contributed by atoms with Crippen LogP contribution in [0.25, 0.3) is 0 Å². The summed E-state index contributed by atoms with van der Waals surface area (Å²) in [4.78, 5) is 16.6. The SMILES string of the molecule is COc1ccc(C)cc1NC(=O)c1ccc(NCCC(C)C)cn1. The molecule has 0 atom stereocenters. The van der Waals surface area contributed by atoms with Gasteiger partial charge in [0.25, 0.3) is 5.91 Å². The number of hydrogen-bond acceptors (Lipinski definition) is 4. The third kappa shape index (κ3) is 4.98. The quantitative estimate of drug-likeness (QED) is 0.803. The first kappa shape index (κ1) is 17.8. The molecule has 0 aliphatic carbocycles. The van der Waals surface area contributed by atoms with Gasteiger partial charge in [-0.3, -0.25) is 4.79 Å². The second-order valence-corrected chi connectivity index (χ2v) is 6.20. The second kappa shape index (κ2) is 8.34. The third-order valence-corrected chi connectivity index (χ3v) is 3.65. The number of benzene rings is 1. The summed E-state index contributed by atoms with van der Waals surface area (Å²) in [5, 5.41) is 6.15. The van der Waals surface area contributed by atoms with Crippen LogP contribution in [-0.4, -0.2) is 24.5 Å². The number of ether oxygens (including phenoxy) is 1. The van der Waals surface area contributed by atoms with Gasteiger partial charge in [0, 0.05) is 6.54 Å². The van der Waals surface area contributed by atoms with E-state index in [2.05, 4.69) is 29.5 Å². The molecular formula is C19H25N3O2. The average Bonchev–Trinajstić information content (AvgIpc) is 2.55. The van der Waals surface area contributed by atoms with Crippen molar-refractivity contribution in [2.45, 2.75) is 27.2 Å². The summed E-state index contributed by atoms with van der Waals surface area (Å²) in [6.45, 7) is 7.23. The lowest BCUT2D eigenvalue weighted by Gasteiger charge is -2.11. The number of pyridine rings is 1. The predicted octanol–water partition coefficient (Wildman–Crippen LogP) is 4.11. The van der Waals surface area contributed by atoms with Crippen LogP contribution >= 0.6 is 0 Å². The number of aryl methyl sites for hydroxylation is 1. The summed E-state index contributed by atoms with van der Waals surface area (Å²) in [6.07, 6.45) is 2.78. The summed E-state index contributed by atoms with van der Waals surface area (Å²) < 4.78 is 5.27. The molecule has 5 nitrogen and oxygen atoms in total. The maximum absolute atomic E-state index is 12.4. The minimum atomic E-state index is -0.257. The molecule has 1 amide bonds. The molecule has 1 aromatic carbocycles. The fourth-order valence-electron chi connectivity index (χ4n) is 2.24. The molecule has 0 aliphatic heterocycles. The first-order valence-corrected chi connectivity index (χ1v) is 8.15. The van der Waals surface area contributed by atoms with Crippen molar-refractivity contribution in [2.24, 2.45) is 5.92 Å². The van der Waals surface area contributed by atoms with Crippen molar-refractivity contribution in [3.8, 4) is 5.75 Å². The van der Waals surface area contributed by atoms with E-state index in [1.807, 2.05) is 31.2 Å². The van der Waals surface area contributed by atoms with Crippen molar-refractivity contribution in [3.63, 3.8) is 0 Å². The fraction of sp³-hybridized carbons (Fsp3) is 0.368. The van der Waals surface area contributed by atoms with E-state index in [4.69, 9.17) is 4.74 Å². The standard InChI is InChI=1S/C19H25N3O2/c1-13(2)9-10-20-15-6-7-16(21-12-15)19(23)22-17-11-14(3)5-8-18(17)24-4/h5-8,11-13,20H,9-10H2,1-4H3,(H,22,23). The highest BCUT2D eigenvalue weighted by molar-refractivity contribution is 6.03. The van der Waals surface area contributed by atoms with Gasteiger partial charge >= 0.3 is 0 Å². The van der Waals surface area contributed by atoms with Gasteiger partial charge in [0.05, 0.1) is 24.7 Å². The largest absolute Gasteiger partial charge is 0.495 e. The fourth-order valence-corrected chi connectivity index (χ4v) is 2.24. The van der Waals surface area contributed by atoms with E-state index in [0.717, 1.165) is 24.2 Å². The monoisotopic (exact) mass is 327 g/mol. The van der Waals surface area contributed by atoms with Crippen LogP contribution in [0.2, 0.25) is 0 Å². The molecule has 1 heterocycles. The number of nitrogens with zero attached hydrogens (tertiary/aromatic N) is 1. The normalized spacial score (nSPS) is 10.5. The van der Waals surface area contributed by atoms with E-state index in [1.165, 1.54) is 0 Å². The number of carbonyl (C=O) groups excluding carboxylic acids is 1. The minimum Gasteiger partial charge on any atom is -0.495 e. The van der Waals surface area contributed by atoms with E-state index < -0.39 is 0 Å². The smallest absolute Gasteiger partial charge is 0.274 e. The molecule has 0 unspecified atom stereocenters. The molecule has 0 fully saturated rings. The Bertz CT molecular complexity index is 682. The van der Waals surface area contributed by atoms with E-state index >= 15 is 0 Å². The molecule has 0 spiro atoms. The minimum absolute atomic E-state index is 0.257. The number of anilines is 2. The average molecular weight is 327 g/mol. The van der Waals surface area contributed by atoms with Gasteiger partial charge in [0.15, 0.2) is 0 Å². The number of amides is 1. The molecule has 1 aromatic heterocycles. The highest BCUT2D eigenvalue weighted by atomic mass is 16.5. The topological polar surface area (TPSA) is 63.2 Å². The number of methoxy groups -OCH3 is 1. The molecule has 0 bridgehead atoms. The Balaban J connectivity index is 2.01. The van der Waals surface area contributed by atoms with Crippen molar-refractivity contribution in [2.75, 3.05) is 24.3 Å². The van der Waals surface area contributed by atoms with Gasteiger partial charge in [0.1, 0.15) is 11.4 Å². The van der Waals surface area contributed by atoms with E-state index in [0.29, 0.717) is 23.0 Å². The van der Waals surface area contributed by atoms with Crippen LogP contribution in [0.5, 0.6) is 5.75 Å². The number of hydrogen-bond donors (Lipinski definition) is 2. The van der Waals surface area contributed by atoms with Crippen LogP contribution in [-0.2, 0) is 0 Å². The number of carbonyl (C=O) groups is 1. The predicted molar refractivity (Wildman–Crippen MR) is 97.9 cm³/mol. The van der Waals surface area contributed by atoms with Crippen LogP contribution in [0, 0.1) is 12.8 Å². The Kier molecular flexibility index (Phi) is 6.18. The van der Waals surface area contributed by atoms with Gasteiger partial charge in [0.2, 0.25) is 0 Å². The summed E-state index contributed by atoms with van der Waals surface area (Å²) in [7, 11) is 1.58. The zero-order valence-corrected chi connectivity index (χ0v) is 14.7. The zero-order valence-electron chi connectivity index (χ0n) is 14.7. The molecule has 5 heteroatoms. The van der Waals surface area contributed by atoms with Crippen LogP contribution in [0.4, 0.5) is 11.4 Å². The lowest BCUT2D eigenvalue weighted by atomic mass is 10.1. The molecule has 24 heavy (non-hydrogen) atoms. The number of rotatable bonds is 7. The second-order valence-electron chi connectivity index (χ2n) is 6.20. The molecule has 2 rings (SSSR count). The van der Waals surface area contributed by atoms with Crippen molar-refractivity contribution >= 4 is 17.3 Å². The molecule has 0 aliphatic rings. The Morgan fingerprint density at radius 1 is 1.25 bits per heavy atom. The van der Waals surface area contributed by atoms with Gasteiger partial charge in [-0.2, -0.15) is 0 Å². The van der Waals surface area contributed by atoms with E-state index in [-0.39, 0.29) is 5.91 Å². The first-order valence-electron chi connectivity index (χ1n) is 8.15. The summed E-state index contributed by atoms with van der Waals surface area (Å²) in [5.74, 6) is 1.02. The lowest BCUT2D eigenvalue weighted by molar-refractivity contribution is 0.102. The molecule has 2 N–H and O–H groups in total. The van der Waals surface area contributed by atoms with E-state index in [1.54, 1.807) is 19.4 Å². The Morgan fingerprint density at radius 3 is 2.67 bits per heavy atom. The van der Waals surface area contributed by atoms with E-state index in [9.17, 15) is 4.79 Å².